The molecule has 0 saturated heterocycles. The zero-order valence-corrected chi connectivity index (χ0v) is 16.4. The van der Waals surface area contributed by atoms with E-state index in [0.717, 1.165) is 57.6 Å². The van der Waals surface area contributed by atoms with Crippen LogP contribution in [0.25, 0.3) is 0 Å². The molecule has 3 heterocycles. The van der Waals surface area contributed by atoms with Crippen molar-refractivity contribution in [1.82, 2.24) is 24.9 Å². The van der Waals surface area contributed by atoms with Gasteiger partial charge in [0.1, 0.15) is 0 Å². The molecule has 27 heavy (non-hydrogen) atoms. The van der Waals surface area contributed by atoms with Gasteiger partial charge >= 0.3 is 0 Å². The number of hydrogen-bond acceptors (Lipinski definition) is 3. The molecule has 0 unspecified atom stereocenters. The second-order valence-corrected chi connectivity index (χ2v) is 7.58. The average molecular weight is 364 g/mol. The number of rotatable bonds is 7. The fourth-order valence-corrected chi connectivity index (χ4v) is 3.96. The summed E-state index contributed by atoms with van der Waals surface area (Å²) in [6.45, 7) is 8.34. The molecule has 0 spiro atoms. The number of hydrogen-bond donors (Lipinski definition) is 1. The monoisotopic (exact) mass is 363 g/mol. The summed E-state index contributed by atoms with van der Waals surface area (Å²) in [6.07, 6.45) is 6.43. The third-order valence-corrected chi connectivity index (χ3v) is 5.49. The molecule has 1 aliphatic rings. The van der Waals surface area contributed by atoms with Gasteiger partial charge in [0, 0.05) is 55.6 Å². The summed E-state index contributed by atoms with van der Waals surface area (Å²) in [4.78, 5) is 2.53. The van der Waals surface area contributed by atoms with Gasteiger partial charge < -0.3 is 0 Å². The van der Waals surface area contributed by atoms with E-state index in [9.17, 15) is 0 Å². The topological polar surface area (TPSA) is 49.7 Å². The van der Waals surface area contributed by atoms with Crippen LogP contribution < -0.4 is 0 Å². The zero-order valence-electron chi connectivity index (χ0n) is 16.4. The van der Waals surface area contributed by atoms with E-state index in [2.05, 4.69) is 75.3 Å². The van der Waals surface area contributed by atoms with E-state index in [1.807, 2.05) is 0 Å². The SMILES string of the molecule is CCCn1cc(CN2CCc3[nH]nc(CCc4ccccc4)c3C2)c(C)n1. The van der Waals surface area contributed by atoms with Crippen LogP contribution in [0.3, 0.4) is 0 Å². The van der Waals surface area contributed by atoms with Gasteiger partial charge in [-0.2, -0.15) is 10.2 Å². The predicted octanol–water partition coefficient (Wildman–Crippen LogP) is 3.67. The normalized spacial score (nSPS) is 14.4. The molecule has 2 aromatic heterocycles. The molecule has 0 radical (unpaired) electrons. The fraction of sp³-hybridized carbons (Fsp3) is 0.455. The average Bonchev–Trinajstić information content (AvgIpc) is 3.24. The summed E-state index contributed by atoms with van der Waals surface area (Å²) < 4.78 is 2.09. The quantitative estimate of drug-likeness (QED) is 0.697. The van der Waals surface area contributed by atoms with Crippen molar-refractivity contribution in [2.24, 2.45) is 0 Å². The van der Waals surface area contributed by atoms with Crippen LogP contribution in [-0.4, -0.2) is 31.4 Å². The summed E-state index contributed by atoms with van der Waals surface area (Å²) in [7, 11) is 0. The molecule has 142 valence electrons. The van der Waals surface area contributed by atoms with Crippen LogP contribution in [-0.2, 0) is 38.9 Å². The van der Waals surface area contributed by atoms with Crippen LogP contribution in [0, 0.1) is 6.92 Å². The van der Waals surface area contributed by atoms with E-state index in [-0.39, 0.29) is 0 Å². The number of aromatic nitrogens is 4. The van der Waals surface area contributed by atoms with E-state index in [4.69, 9.17) is 0 Å². The first-order chi connectivity index (χ1) is 13.2. The van der Waals surface area contributed by atoms with Crippen LogP contribution in [0.5, 0.6) is 0 Å². The number of H-pyrrole nitrogens is 1. The molecule has 5 nitrogen and oxygen atoms in total. The van der Waals surface area contributed by atoms with Crippen molar-refractivity contribution < 1.29 is 0 Å². The van der Waals surface area contributed by atoms with Crippen LogP contribution in [0.4, 0.5) is 0 Å². The van der Waals surface area contributed by atoms with E-state index in [1.165, 1.54) is 28.1 Å². The maximum Gasteiger partial charge on any atom is 0.0673 e. The third-order valence-electron chi connectivity index (χ3n) is 5.49. The second-order valence-electron chi connectivity index (χ2n) is 7.58. The summed E-state index contributed by atoms with van der Waals surface area (Å²) in [6, 6.07) is 10.7. The Morgan fingerprint density at radius 3 is 2.81 bits per heavy atom. The highest BCUT2D eigenvalue weighted by Crippen LogP contribution is 2.23. The molecule has 0 atom stereocenters. The second kappa shape index (κ2) is 8.09. The van der Waals surface area contributed by atoms with Crippen LogP contribution >= 0.6 is 0 Å². The Bertz CT molecular complexity index is 878. The van der Waals surface area contributed by atoms with Crippen molar-refractivity contribution in [3.63, 3.8) is 0 Å². The lowest BCUT2D eigenvalue weighted by molar-refractivity contribution is 0.243. The molecule has 4 rings (SSSR count). The van der Waals surface area contributed by atoms with E-state index < -0.39 is 0 Å². The number of nitrogens with zero attached hydrogens (tertiary/aromatic N) is 4. The molecule has 1 aliphatic heterocycles. The molecule has 0 bridgehead atoms. The van der Waals surface area contributed by atoms with Gasteiger partial charge in [-0.05, 0) is 31.7 Å². The molecule has 0 fully saturated rings. The summed E-state index contributed by atoms with van der Waals surface area (Å²) in [5, 5.41) is 12.6. The summed E-state index contributed by atoms with van der Waals surface area (Å²) >= 11 is 0. The maximum absolute atomic E-state index is 4.65. The smallest absolute Gasteiger partial charge is 0.0673 e. The van der Waals surface area contributed by atoms with Gasteiger partial charge in [-0.15, -0.1) is 0 Å². The summed E-state index contributed by atoms with van der Waals surface area (Å²) in [5.41, 5.74) is 7.85. The van der Waals surface area contributed by atoms with Gasteiger partial charge in [0.05, 0.1) is 11.4 Å². The minimum absolute atomic E-state index is 0.971. The van der Waals surface area contributed by atoms with E-state index in [0.29, 0.717) is 0 Å². The van der Waals surface area contributed by atoms with Gasteiger partial charge in [0.15, 0.2) is 0 Å². The molecule has 5 heteroatoms. The molecule has 3 aromatic rings. The standard InChI is InChI=1S/C22H29N5/c1-3-12-27-15-19(17(2)25-27)14-26-13-11-22-20(16-26)21(23-24-22)10-9-18-7-5-4-6-8-18/h4-8,15H,3,9-14,16H2,1-2H3,(H,23,24). The lowest BCUT2D eigenvalue weighted by Gasteiger charge is -2.26. The highest BCUT2D eigenvalue weighted by atomic mass is 15.3. The minimum Gasteiger partial charge on any atom is -0.294 e. The fourth-order valence-electron chi connectivity index (χ4n) is 3.96. The van der Waals surface area contributed by atoms with Gasteiger partial charge in [-0.1, -0.05) is 37.3 Å². The van der Waals surface area contributed by atoms with Crippen LogP contribution in [0.1, 0.15) is 47.1 Å². The number of aryl methyl sites for hydroxylation is 4. The number of benzene rings is 1. The molecular formula is C22H29N5. The number of nitrogens with one attached hydrogen (secondary N) is 1. The molecule has 0 saturated carbocycles. The first kappa shape index (κ1) is 18.0. The molecule has 0 amide bonds. The van der Waals surface area contributed by atoms with Crippen molar-refractivity contribution in [2.75, 3.05) is 6.54 Å². The first-order valence-electron chi connectivity index (χ1n) is 10.1. The lowest BCUT2D eigenvalue weighted by atomic mass is 10.0. The third kappa shape index (κ3) is 4.14. The minimum atomic E-state index is 0.971. The van der Waals surface area contributed by atoms with Crippen molar-refractivity contribution in [3.05, 3.63) is 70.3 Å². The van der Waals surface area contributed by atoms with Crippen molar-refractivity contribution in [3.8, 4) is 0 Å². The Kier molecular flexibility index (Phi) is 5.39. The van der Waals surface area contributed by atoms with E-state index >= 15 is 0 Å². The predicted molar refractivity (Wildman–Crippen MR) is 108 cm³/mol. The van der Waals surface area contributed by atoms with Crippen molar-refractivity contribution in [2.45, 2.75) is 59.2 Å². The van der Waals surface area contributed by atoms with Crippen LogP contribution in [0.15, 0.2) is 36.5 Å². The van der Waals surface area contributed by atoms with Crippen LogP contribution in [0.2, 0.25) is 0 Å². The highest BCUT2D eigenvalue weighted by Gasteiger charge is 2.22. The maximum atomic E-state index is 4.65. The van der Waals surface area contributed by atoms with Gasteiger partial charge in [-0.25, -0.2) is 0 Å². The first-order valence-corrected chi connectivity index (χ1v) is 10.1. The van der Waals surface area contributed by atoms with Gasteiger partial charge in [0.25, 0.3) is 0 Å². The number of fused-ring (bicyclic) bond motifs is 1. The molecule has 1 aromatic carbocycles. The Morgan fingerprint density at radius 1 is 1.15 bits per heavy atom. The lowest BCUT2D eigenvalue weighted by Crippen LogP contribution is -2.30. The Balaban J connectivity index is 1.42. The summed E-state index contributed by atoms with van der Waals surface area (Å²) in [5.74, 6) is 0. The van der Waals surface area contributed by atoms with Crippen molar-refractivity contribution >= 4 is 0 Å². The van der Waals surface area contributed by atoms with E-state index in [1.54, 1.807) is 0 Å². The molecular weight excluding hydrogens is 334 g/mol. The zero-order chi connectivity index (χ0) is 18.6. The number of aromatic amines is 1. The van der Waals surface area contributed by atoms with Gasteiger partial charge in [0.2, 0.25) is 0 Å². The molecule has 0 aliphatic carbocycles. The van der Waals surface area contributed by atoms with Crippen molar-refractivity contribution in [1.29, 1.82) is 0 Å². The van der Waals surface area contributed by atoms with Gasteiger partial charge in [-0.3, -0.25) is 14.7 Å². The Labute approximate surface area is 161 Å². The Morgan fingerprint density at radius 2 is 2.00 bits per heavy atom. The Hall–Kier alpha value is -2.40. The molecule has 1 N–H and O–H groups in total. The largest absolute Gasteiger partial charge is 0.294 e. The highest BCUT2D eigenvalue weighted by molar-refractivity contribution is 5.29.